The summed E-state index contributed by atoms with van der Waals surface area (Å²) in [5, 5.41) is 20.6. The third-order valence-corrected chi connectivity index (χ3v) is 6.69. The number of nitrogens with zero attached hydrogens (tertiary/aromatic N) is 1. The number of halogens is 6. The SMILES string of the molecule is COc1ccc(CNC(=O)c2ccc3c(c2)OCO3)cc1-c1cccc(CN2CCNCC2)c1.O=C(O)C(F)(F)F.O=C(O)C(F)(F)F. The molecule has 3 aromatic rings. The lowest BCUT2D eigenvalue weighted by atomic mass is 9.99. The molecule has 1 saturated heterocycles. The highest BCUT2D eigenvalue weighted by molar-refractivity contribution is 5.95. The van der Waals surface area contributed by atoms with Gasteiger partial charge in [-0.15, -0.1) is 0 Å². The van der Waals surface area contributed by atoms with Gasteiger partial charge in [0.2, 0.25) is 6.79 Å². The molecule has 4 N–H and O–H groups in total. The molecule has 0 spiro atoms. The van der Waals surface area contributed by atoms with Crippen LogP contribution in [0.25, 0.3) is 11.1 Å². The van der Waals surface area contributed by atoms with Crippen molar-refractivity contribution in [1.82, 2.24) is 15.5 Å². The molecule has 2 heterocycles. The number of carbonyl (C=O) groups is 3. The van der Waals surface area contributed by atoms with Crippen molar-refractivity contribution in [2.24, 2.45) is 0 Å². The number of carboxylic acids is 2. The first-order valence-corrected chi connectivity index (χ1v) is 14.1. The van der Waals surface area contributed by atoms with Gasteiger partial charge in [0.1, 0.15) is 5.75 Å². The molecule has 3 aromatic carbocycles. The zero-order valence-corrected chi connectivity index (χ0v) is 25.3. The van der Waals surface area contributed by atoms with E-state index < -0.39 is 24.3 Å². The molecule has 17 heteroatoms. The quantitative estimate of drug-likeness (QED) is 0.258. The predicted octanol–water partition coefficient (Wildman–Crippen LogP) is 4.69. The second-order valence-corrected chi connectivity index (χ2v) is 10.1. The Hall–Kier alpha value is -5.03. The van der Waals surface area contributed by atoms with E-state index in [0.717, 1.165) is 55.2 Å². The van der Waals surface area contributed by atoms with E-state index >= 15 is 0 Å². The largest absolute Gasteiger partial charge is 0.496 e. The normalized spacial score (nSPS) is 14.1. The Bertz CT molecular complexity index is 1550. The van der Waals surface area contributed by atoms with Crippen LogP contribution in [-0.4, -0.2) is 85.4 Å². The molecule has 0 saturated carbocycles. The van der Waals surface area contributed by atoms with Crippen molar-refractivity contribution in [1.29, 1.82) is 0 Å². The summed E-state index contributed by atoms with van der Waals surface area (Å²) in [5.74, 6) is -3.60. The van der Waals surface area contributed by atoms with Crippen LogP contribution in [0.3, 0.4) is 0 Å². The second-order valence-electron chi connectivity index (χ2n) is 10.1. The fourth-order valence-electron chi connectivity index (χ4n) is 4.38. The van der Waals surface area contributed by atoms with Crippen LogP contribution in [0.15, 0.2) is 60.7 Å². The minimum Gasteiger partial charge on any atom is -0.496 e. The van der Waals surface area contributed by atoms with Gasteiger partial charge in [0.25, 0.3) is 5.91 Å². The summed E-state index contributed by atoms with van der Waals surface area (Å²) in [6.45, 7) is 5.72. The number of hydrogen-bond donors (Lipinski definition) is 4. The first-order chi connectivity index (χ1) is 22.6. The van der Waals surface area contributed by atoms with Crippen LogP contribution in [0.2, 0.25) is 0 Å². The third-order valence-electron chi connectivity index (χ3n) is 6.69. The molecule has 1 amide bonds. The van der Waals surface area contributed by atoms with Gasteiger partial charge < -0.3 is 35.1 Å². The number of nitrogens with one attached hydrogen (secondary N) is 2. The molecular formula is C31H31F6N3O8. The summed E-state index contributed by atoms with van der Waals surface area (Å²) >= 11 is 0. The van der Waals surface area contributed by atoms with Crippen molar-refractivity contribution < 1.29 is 65.1 Å². The van der Waals surface area contributed by atoms with E-state index in [2.05, 4.69) is 45.9 Å². The molecule has 5 rings (SSSR count). The number of carboxylic acid groups (broad SMARTS) is 2. The first kappa shape index (κ1) is 37.4. The van der Waals surface area contributed by atoms with Crippen molar-refractivity contribution in [2.45, 2.75) is 25.4 Å². The van der Waals surface area contributed by atoms with Gasteiger partial charge in [0, 0.05) is 50.4 Å². The van der Waals surface area contributed by atoms with Crippen LogP contribution in [0.4, 0.5) is 26.3 Å². The van der Waals surface area contributed by atoms with Crippen LogP contribution in [0.5, 0.6) is 17.2 Å². The van der Waals surface area contributed by atoms with E-state index in [1.807, 2.05) is 12.1 Å². The first-order valence-electron chi connectivity index (χ1n) is 14.1. The number of hydrogen-bond acceptors (Lipinski definition) is 8. The number of rotatable bonds is 7. The Kier molecular flexibility index (Phi) is 13.0. The van der Waals surface area contributed by atoms with Gasteiger partial charge >= 0.3 is 24.3 Å². The molecule has 11 nitrogen and oxygen atoms in total. The molecular weight excluding hydrogens is 656 g/mol. The smallest absolute Gasteiger partial charge is 0.490 e. The number of ether oxygens (including phenoxy) is 3. The fourth-order valence-corrected chi connectivity index (χ4v) is 4.38. The molecule has 2 aliphatic heterocycles. The topological polar surface area (TPSA) is 147 Å². The number of methoxy groups -OCH3 is 1. The van der Waals surface area contributed by atoms with Gasteiger partial charge in [-0.1, -0.05) is 24.3 Å². The Labute approximate surface area is 270 Å². The minimum atomic E-state index is -5.08. The van der Waals surface area contributed by atoms with Gasteiger partial charge in [-0.3, -0.25) is 9.69 Å². The van der Waals surface area contributed by atoms with Gasteiger partial charge in [0.15, 0.2) is 11.5 Å². The Morgan fingerprint density at radius 3 is 2.08 bits per heavy atom. The lowest BCUT2D eigenvalue weighted by Gasteiger charge is -2.27. The molecule has 1 fully saturated rings. The van der Waals surface area contributed by atoms with E-state index in [0.29, 0.717) is 23.6 Å². The van der Waals surface area contributed by atoms with Crippen molar-refractivity contribution in [3.8, 4) is 28.4 Å². The van der Waals surface area contributed by atoms with E-state index in [9.17, 15) is 31.1 Å². The van der Waals surface area contributed by atoms with Crippen LogP contribution in [-0.2, 0) is 22.7 Å². The average Bonchev–Trinajstić information content (AvgIpc) is 3.52. The van der Waals surface area contributed by atoms with Gasteiger partial charge in [-0.05, 0) is 53.1 Å². The summed E-state index contributed by atoms with van der Waals surface area (Å²) in [6.07, 6.45) is -10.2. The van der Waals surface area contributed by atoms with Crippen molar-refractivity contribution in [2.75, 3.05) is 40.1 Å². The van der Waals surface area contributed by atoms with E-state index in [1.165, 1.54) is 5.56 Å². The Morgan fingerprint density at radius 2 is 1.48 bits per heavy atom. The van der Waals surface area contributed by atoms with Crippen LogP contribution >= 0.6 is 0 Å². The van der Waals surface area contributed by atoms with Gasteiger partial charge in [-0.2, -0.15) is 26.3 Å². The highest BCUT2D eigenvalue weighted by atomic mass is 19.4. The Morgan fingerprint density at radius 1 is 0.854 bits per heavy atom. The molecule has 2 aliphatic rings. The number of amides is 1. The van der Waals surface area contributed by atoms with Crippen molar-refractivity contribution in [3.63, 3.8) is 0 Å². The third kappa shape index (κ3) is 11.3. The standard InChI is InChI=1S/C27H29N3O4.2C2HF3O2/c1-32-24-7-5-19(16-29-27(31)22-6-8-25-26(15-22)34-18-33-25)14-23(24)21-4-2-3-20(13-21)17-30-11-9-28-10-12-30;2*3-2(4,5)1(6)7/h2-8,13-15,28H,9-12,16-18H2,1H3,(H,29,31);2*(H,6,7). The number of fused-ring (bicyclic) bond motifs is 1. The summed E-state index contributed by atoms with van der Waals surface area (Å²) in [5.41, 5.74) is 4.94. The van der Waals surface area contributed by atoms with Crippen LogP contribution in [0.1, 0.15) is 21.5 Å². The monoisotopic (exact) mass is 687 g/mol. The number of benzene rings is 3. The number of piperazine rings is 1. The molecule has 0 aliphatic carbocycles. The summed E-state index contributed by atoms with van der Waals surface area (Å²) in [6, 6.07) is 19.8. The van der Waals surface area contributed by atoms with Gasteiger partial charge in [0.05, 0.1) is 7.11 Å². The Balaban J connectivity index is 0.000000376. The maximum absolute atomic E-state index is 12.7. The summed E-state index contributed by atoms with van der Waals surface area (Å²) in [4.78, 5) is 32.9. The second kappa shape index (κ2) is 16.7. The minimum absolute atomic E-state index is 0.159. The lowest BCUT2D eigenvalue weighted by molar-refractivity contribution is -0.193. The predicted molar refractivity (Wildman–Crippen MR) is 158 cm³/mol. The van der Waals surface area contributed by atoms with E-state index in [1.54, 1.807) is 25.3 Å². The maximum atomic E-state index is 12.7. The van der Waals surface area contributed by atoms with E-state index in [-0.39, 0.29) is 12.7 Å². The summed E-state index contributed by atoms with van der Waals surface area (Å²) < 4.78 is 79.8. The molecule has 0 aromatic heterocycles. The molecule has 0 radical (unpaired) electrons. The highest BCUT2D eigenvalue weighted by Crippen LogP contribution is 2.33. The number of carbonyl (C=O) groups excluding carboxylic acids is 1. The lowest BCUT2D eigenvalue weighted by Crippen LogP contribution is -2.42. The number of aliphatic carboxylic acids is 2. The zero-order chi connectivity index (χ0) is 35.5. The maximum Gasteiger partial charge on any atom is 0.490 e. The fraction of sp³-hybridized carbons (Fsp3) is 0.323. The highest BCUT2D eigenvalue weighted by Gasteiger charge is 2.38. The van der Waals surface area contributed by atoms with Crippen molar-refractivity contribution in [3.05, 3.63) is 77.4 Å². The molecule has 260 valence electrons. The molecule has 48 heavy (non-hydrogen) atoms. The molecule has 0 atom stereocenters. The number of alkyl halides is 6. The zero-order valence-electron chi connectivity index (χ0n) is 25.3. The molecule has 0 unspecified atom stereocenters. The van der Waals surface area contributed by atoms with Crippen LogP contribution < -0.4 is 24.8 Å². The van der Waals surface area contributed by atoms with Crippen molar-refractivity contribution >= 4 is 17.8 Å². The van der Waals surface area contributed by atoms with Gasteiger partial charge in [-0.25, -0.2) is 9.59 Å². The average molecular weight is 688 g/mol. The van der Waals surface area contributed by atoms with E-state index in [4.69, 9.17) is 34.0 Å². The van der Waals surface area contributed by atoms with Crippen LogP contribution in [0, 0.1) is 0 Å². The molecule has 0 bridgehead atoms. The summed E-state index contributed by atoms with van der Waals surface area (Å²) in [7, 11) is 1.69.